The summed E-state index contributed by atoms with van der Waals surface area (Å²) in [5, 5.41) is 3.91. The SMILES string of the molecule is COc1ccc2[nH]c(-c3c(OC)cccc3OC)c(CCNC(C)=O)c2c1. The van der Waals surface area contributed by atoms with E-state index >= 15 is 0 Å². The van der Waals surface area contributed by atoms with Gasteiger partial charge in [-0.2, -0.15) is 0 Å². The molecule has 0 bridgehead atoms. The van der Waals surface area contributed by atoms with Crippen LogP contribution in [0.2, 0.25) is 0 Å². The third-order valence-electron chi connectivity index (χ3n) is 4.54. The van der Waals surface area contributed by atoms with E-state index in [1.807, 2.05) is 36.4 Å². The average molecular weight is 368 g/mol. The first kappa shape index (κ1) is 18.6. The molecule has 0 aliphatic heterocycles. The van der Waals surface area contributed by atoms with Crippen molar-refractivity contribution in [1.29, 1.82) is 0 Å². The first-order chi connectivity index (χ1) is 13.1. The number of carbonyl (C=O) groups is 1. The van der Waals surface area contributed by atoms with Gasteiger partial charge < -0.3 is 24.5 Å². The zero-order chi connectivity index (χ0) is 19.4. The van der Waals surface area contributed by atoms with Crippen LogP contribution in [0.4, 0.5) is 0 Å². The van der Waals surface area contributed by atoms with Gasteiger partial charge in [0.1, 0.15) is 17.2 Å². The molecule has 27 heavy (non-hydrogen) atoms. The van der Waals surface area contributed by atoms with Crippen LogP contribution in [0.1, 0.15) is 12.5 Å². The summed E-state index contributed by atoms with van der Waals surface area (Å²) >= 11 is 0. The molecule has 0 atom stereocenters. The van der Waals surface area contributed by atoms with E-state index in [0.29, 0.717) is 24.5 Å². The van der Waals surface area contributed by atoms with E-state index in [9.17, 15) is 4.79 Å². The highest BCUT2D eigenvalue weighted by Gasteiger charge is 2.20. The fourth-order valence-electron chi connectivity index (χ4n) is 3.29. The number of amides is 1. The van der Waals surface area contributed by atoms with Crippen molar-refractivity contribution in [2.45, 2.75) is 13.3 Å². The molecule has 0 aliphatic rings. The molecule has 0 aliphatic carbocycles. The second-order valence-corrected chi connectivity index (χ2v) is 6.16. The lowest BCUT2D eigenvalue weighted by Gasteiger charge is -2.14. The zero-order valence-corrected chi connectivity index (χ0v) is 16.0. The highest BCUT2D eigenvalue weighted by Crippen LogP contribution is 2.42. The van der Waals surface area contributed by atoms with Crippen molar-refractivity contribution >= 4 is 16.8 Å². The van der Waals surface area contributed by atoms with E-state index in [1.54, 1.807) is 21.3 Å². The molecule has 1 heterocycles. The van der Waals surface area contributed by atoms with E-state index in [1.165, 1.54) is 6.92 Å². The Balaban J connectivity index is 2.21. The molecule has 0 spiro atoms. The maximum Gasteiger partial charge on any atom is 0.216 e. The second-order valence-electron chi connectivity index (χ2n) is 6.16. The molecule has 2 N–H and O–H groups in total. The normalized spacial score (nSPS) is 10.7. The lowest BCUT2D eigenvalue weighted by Crippen LogP contribution is -2.22. The van der Waals surface area contributed by atoms with Crippen LogP contribution >= 0.6 is 0 Å². The van der Waals surface area contributed by atoms with E-state index in [4.69, 9.17) is 14.2 Å². The molecule has 142 valence electrons. The quantitative estimate of drug-likeness (QED) is 0.669. The van der Waals surface area contributed by atoms with Crippen LogP contribution in [0, 0.1) is 0 Å². The Morgan fingerprint density at radius 3 is 2.33 bits per heavy atom. The molecule has 0 fully saturated rings. The monoisotopic (exact) mass is 368 g/mol. The van der Waals surface area contributed by atoms with Crippen LogP contribution in [0.3, 0.4) is 0 Å². The van der Waals surface area contributed by atoms with Crippen LogP contribution in [-0.2, 0) is 11.2 Å². The highest BCUT2D eigenvalue weighted by molar-refractivity contribution is 5.94. The summed E-state index contributed by atoms with van der Waals surface area (Å²) < 4.78 is 16.6. The Hall–Kier alpha value is -3.15. The van der Waals surface area contributed by atoms with Crippen molar-refractivity contribution in [3.05, 3.63) is 42.0 Å². The van der Waals surface area contributed by atoms with E-state index in [0.717, 1.165) is 33.5 Å². The fraction of sp³-hybridized carbons (Fsp3) is 0.286. The summed E-state index contributed by atoms with van der Waals surface area (Å²) in [6.45, 7) is 2.05. The average Bonchev–Trinajstić information content (AvgIpc) is 3.04. The van der Waals surface area contributed by atoms with Crippen LogP contribution in [0.15, 0.2) is 36.4 Å². The van der Waals surface area contributed by atoms with Gasteiger partial charge in [0, 0.05) is 24.4 Å². The Morgan fingerprint density at radius 2 is 1.74 bits per heavy atom. The van der Waals surface area contributed by atoms with Gasteiger partial charge in [0.05, 0.1) is 32.6 Å². The highest BCUT2D eigenvalue weighted by atomic mass is 16.5. The summed E-state index contributed by atoms with van der Waals surface area (Å²) in [4.78, 5) is 14.8. The van der Waals surface area contributed by atoms with Gasteiger partial charge in [0.2, 0.25) is 5.91 Å². The Labute approximate surface area is 158 Å². The topological polar surface area (TPSA) is 72.6 Å². The number of ether oxygens (including phenoxy) is 3. The van der Waals surface area contributed by atoms with Gasteiger partial charge in [0.25, 0.3) is 0 Å². The zero-order valence-electron chi connectivity index (χ0n) is 16.0. The number of aromatic amines is 1. The maximum atomic E-state index is 11.3. The third-order valence-corrected chi connectivity index (χ3v) is 4.54. The number of fused-ring (bicyclic) bond motifs is 1. The number of rotatable bonds is 7. The minimum Gasteiger partial charge on any atom is -0.497 e. The molecule has 0 unspecified atom stereocenters. The van der Waals surface area contributed by atoms with Gasteiger partial charge in [-0.25, -0.2) is 0 Å². The summed E-state index contributed by atoms with van der Waals surface area (Å²) in [6.07, 6.45) is 0.656. The second kappa shape index (κ2) is 8.03. The number of hydrogen-bond acceptors (Lipinski definition) is 4. The molecule has 2 aromatic carbocycles. The van der Waals surface area contributed by atoms with Gasteiger partial charge in [0.15, 0.2) is 0 Å². The molecular formula is C21H24N2O4. The summed E-state index contributed by atoms with van der Waals surface area (Å²) in [6, 6.07) is 11.6. The van der Waals surface area contributed by atoms with Crippen molar-refractivity contribution in [2.75, 3.05) is 27.9 Å². The molecule has 0 radical (unpaired) electrons. The number of aromatic nitrogens is 1. The number of H-pyrrole nitrogens is 1. The first-order valence-electron chi connectivity index (χ1n) is 8.73. The van der Waals surface area contributed by atoms with E-state index in [-0.39, 0.29) is 5.91 Å². The third kappa shape index (κ3) is 3.69. The van der Waals surface area contributed by atoms with Crippen LogP contribution in [-0.4, -0.2) is 38.8 Å². The lowest BCUT2D eigenvalue weighted by atomic mass is 10.0. The smallest absolute Gasteiger partial charge is 0.216 e. The van der Waals surface area contributed by atoms with Gasteiger partial charge in [-0.1, -0.05) is 6.07 Å². The molecule has 0 saturated carbocycles. The molecule has 1 aromatic heterocycles. The van der Waals surface area contributed by atoms with Gasteiger partial charge in [-0.3, -0.25) is 4.79 Å². The summed E-state index contributed by atoms with van der Waals surface area (Å²) in [7, 11) is 4.93. The molecule has 6 nitrogen and oxygen atoms in total. The number of hydrogen-bond donors (Lipinski definition) is 2. The van der Waals surface area contributed by atoms with Gasteiger partial charge >= 0.3 is 0 Å². The molecule has 3 aromatic rings. The lowest BCUT2D eigenvalue weighted by molar-refractivity contribution is -0.118. The van der Waals surface area contributed by atoms with Crippen molar-refractivity contribution in [2.24, 2.45) is 0 Å². The molecule has 1 amide bonds. The predicted octanol–water partition coefficient (Wildman–Crippen LogP) is 3.54. The van der Waals surface area contributed by atoms with Crippen molar-refractivity contribution in [3.63, 3.8) is 0 Å². The summed E-state index contributed by atoms with van der Waals surface area (Å²) in [5.41, 5.74) is 3.82. The van der Waals surface area contributed by atoms with Crippen LogP contribution < -0.4 is 19.5 Å². The molecular weight excluding hydrogens is 344 g/mol. The van der Waals surface area contributed by atoms with E-state index in [2.05, 4.69) is 10.3 Å². The molecule has 0 saturated heterocycles. The number of carbonyl (C=O) groups excluding carboxylic acids is 1. The largest absolute Gasteiger partial charge is 0.497 e. The number of nitrogens with one attached hydrogen (secondary N) is 2. The number of benzene rings is 2. The van der Waals surface area contributed by atoms with Gasteiger partial charge in [-0.15, -0.1) is 0 Å². The van der Waals surface area contributed by atoms with Crippen molar-refractivity contribution in [1.82, 2.24) is 10.3 Å². The Morgan fingerprint density at radius 1 is 1.04 bits per heavy atom. The fourth-order valence-corrected chi connectivity index (χ4v) is 3.29. The molecule has 6 heteroatoms. The standard InChI is InChI=1S/C21H24N2O4/c1-13(24)22-11-10-15-16-12-14(25-2)8-9-17(16)23-21(15)20-18(26-3)6-5-7-19(20)27-4/h5-9,12,23H,10-11H2,1-4H3,(H,22,24). The predicted molar refractivity (Wildman–Crippen MR) is 106 cm³/mol. The Kier molecular flexibility index (Phi) is 5.54. The van der Waals surface area contributed by atoms with Crippen LogP contribution in [0.5, 0.6) is 17.2 Å². The van der Waals surface area contributed by atoms with Crippen molar-refractivity contribution < 1.29 is 19.0 Å². The number of methoxy groups -OCH3 is 3. The van der Waals surface area contributed by atoms with Crippen molar-refractivity contribution in [3.8, 4) is 28.5 Å². The van der Waals surface area contributed by atoms with Gasteiger partial charge in [-0.05, 0) is 42.3 Å². The first-order valence-corrected chi connectivity index (χ1v) is 8.73. The molecule has 3 rings (SSSR count). The van der Waals surface area contributed by atoms with E-state index < -0.39 is 0 Å². The maximum absolute atomic E-state index is 11.3. The Bertz CT molecular complexity index is 940. The summed E-state index contributed by atoms with van der Waals surface area (Å²) in [5.74, 6) is 2.16. The minimum atomic E-state index is -0.0520. The minimum absolute atomic E-state index is 0.0520. The van der Waals surface area contributed by atoms with Crippen LogP contribution in [0.25, 0.3) is 22.2 Å².